The number of benzene rings is 1. The Bertz CT molecular complexity index is 574. The Kier molecular flexibility index (Phi) is 4.57. The van der Waals surface area contributed by atoms with E-state index < -0.39 is 10.0 Å². The van der Waals surface area contributed by atoms with Gasteiger partial charge in [-0.25, -0.2) is 13.1 Å². The fourth-order valence-corrected chi connectivity index (χ4v) is 3.53. The molecule has 1 aliphatic heterocycles. The van der Waals surface area contributed by atoms with Crippen LogP contribution in [0, 0.1) is 0 Å². The molecule has 0 aliphatic carbocycles. The van der Waals surface area contributed by atoms with E-state index in [1.165, 1.54) is 31.2 Å². The second-order valence-corrected chi connectivity index (χ2v) is 6.76. The van der Waals surface area contributed by atoms with E-state index in [-0.39, 0.29) is 22.8 Å². The van der Waals surface area contributed by atoms with Crippen molar-refractivity contribution in [2.75, 3.05) is 6.61 Å². The summed E-state index contributed by atoms with van der Waals surface area (Å²) in [7, 11) is -3.58. The van der Waals surface area contributed by atoms with Crippen LogP contribution < -0.4 is 4.72 Å². The molecule has 1 N–H and O–H groups in total. The van der Waals surface area contributed by atoms with E-state index >= 15 is 0 Å². The number of ether oxygens (including phenoxy) is 1. The van der Waals surface area contributed by atoms with Crippen molar-refractivity contribution in [2.24, 2.45) is 0 Å². The van der Waals surface area contributed by atoms with Gasteiger partial charge in [-0.3, -0.25) is 4.79 Å². The molecule has 1 fully saturated rings. The van der Waals surface area contributed by atoms with Crippen LogP contribution in [0.1, 0.15) is 37.0 Å². The summed E-state index contributed by atoms with van der Waals surface area (Å²) in [6, 6.07) is 5.67. The fraction of sp³-hybridized carbons (Fsp3) is 0.500. The first kappa shape index (κ1) is 15.2. The molecule has 1 aromatic carbocycles. The lowest BCUT2D eigenvalue weighted by atomic mass is 10.1. The highest BCUT2D eigenvalue weighted by Gasteiger charge is 2.26. The zero-order chi connectivity index (χ0) is 14.8. The summed E-state index contributed by atoms with van der Waals surface area (Å²) in [5.74, 6) is -0.0883. The molecule has 1 aromatic rings. The van der Waals surface area contributed by atoms with Gasteiger partial charge >= 0.3 is 0 Å². The zero-order valence-electron chi connectivity index (χ0n) is 11.6. The number of nitrogens with one attached hydrogen (secondary N) is 1. The van der Waals surface area contributed by atoms with Crippen LogP contribution in [0.4, 0.5) is 0 Å². The number of hydrogen-bond acceptors (Lipinski definition) is 4. The second kappa shape index (κ2) is 6.03. The SMILES string of the molecule is CC(=O)c1ccc(S(=O)(=O)NC(C)C2CCCO2)cc1. The number of Topliss-reactive ketones (excluding diaryl/α,β-unsaturated/α-hetero) is 1. The van der Waals surface area contributed by atoms with Crippen LogP contribution in [-0.2, 0) is 14.8 Å². The van der Waals surface area contributed by atoms with Gasteiger partial charge in [-0.15, -0.1) is 0 Å². The highest BCUT2D eigenvalue weighted by atomic mass is 32.2. The molecule has 0 spiro atoms. The minimum absolute atomic E-state index is 0.0683. The van der Waals surface area contributed by atoms with Crippen LogP contribution in [0.3, 0.4) is 0 Å². The van der Waals surface area contributed by atoms with E-state index in [0.717, 1.165) is 12.8 Å². The molecule has 2 unspecified atom stereocenters. The van der Waals surface area contributed by atoms with Gasteiger partial charge in [0.2, 0.25) is 10.0 Å². The average Bonchev–Trinajstić information content (AvgIpc) is 2.92. The normalized spacial score (nSPS) is 20.8. The van der Waals surface area contributed by atoms with Gasteiger partial charge in [-0.05, 0) is 38.8 Å². The van der Waals surface area contributed by atoms with Crippen LogP contribution in [0.5, 0.6) is 0 Å². The van der Waals surface area contributed by atoms with Crippen LogP contribution in [0.15, 0.2) is 29.2 Å². The van der Waals surface area contributed by atoms with Crippen molar-refractivity contribution < 1.29 is 17.9 Å². The maximum absolute atomic E-state index is 12.2. The number of rotatable bonds is 5. The number of ketones is 1. The molecular formula is C14H19NO4S. The number of sulfonamides is 1. The lowest BCUT2D eigenvalue weighted by Crippen LogP contribution is -2.40. The summed E-state index contributed by atoms with van der Waals surface area (Å²) in [6.07, 6.45) is 1.76. The Morgan fingerprint density at radius 3 is 2.50 bits per heavy atom. The summed E-state index contributed by atoms with van der Waals surface area (Å²) in [6.45, 7) is 3.93. The van der Waals surface area contributed by atoms with E-state index in [9.17, 15) is 13.2 Å². The van der Waals surface area contributed by atoms with E-state index in [0.29, 0.717) is 12.2 Å². The molecule has 110 valence electrons. The third-order valence-electron chi connectivity index (χ3n) is 3.43. The first-order valence-electron chi connectivity index (χ1n) is 6.65. The number of carbonyl (C=O) groups excluding carboxylic acids is 1. The van der Waals surface area contributed by atoms with Gasteiger partial charge in [0.1, 0.15) is 0 Å². The van der Waals surface area contributed by atoms with Gasteiger partial charge in [-0.2, -0.15) is 0 Å². The predicted molar refractivity (Wildman–Crippen MR) is 75.2 cm³/mol. The number of carbonyl (C=O) groups is 1. The summed E-state index contributed by atoms with van der Waals surface area (Å²) < 4.78 is 32.6. The molecule has 1 heterocycles. The molecule has 2 atom stereocenters. The van der Waals surface area contributed by atoms with Crippen molar-refractivity contribution in [1.82, 2.24) is 4.72 Å². The Labute approximate surface area is 119 Å². The van der Waals surface area contributed by atoms with Gasteiger partial charge in [0, 0.05) is 18.2 Å². The Morgan fingerprint density at radius 1 is 1.35 bits per heavy atom. The zero-order valence-corrected chi connectivity index (χ0v) is 12.4. The summed E-state index contributed by atoms with van der Waals surface area (Å²) in [5.41, 5.74) is 0.496. The average molecular weight is 297 g/mol. The van der Waals surface area contributed by atoms with Crippen LogP contribution >= 0.6 is 0 Å². The standard InChI is InChI=1S/C14H19NO4S/c1-10(14-4-3-9-19-14)15-20(17,18)13-7-5-12(6-8-13)11(2)16/h5-8,10,14-15H,3-4,9H2,1-2H3. The fourth-order valence-electron chi connectivity index (χ4n) is 2.25. The van der Waals surface area contributed by atoms with Crippen LogP contribution in [-0.4, -0.2) is 33.0 Å². The van der Waals surface area contributed by atoms with E-state index in [4.69, 9.17) is 4.74 Å². The molecule has 0 amide bonds. The lowest BCUT2D eigenvalue weighted by Gasteiger charge is -2.20. The molecule has 20 heavy (non-hydrogen) atoms. The van der Waals surface area contributed by atoms with Crippen molar-refractivity contribution in [3.63, 3.8) is 0 Å². The molecule has 0 radical (unpaired) electrons. The summed E-state index contributed by atoms with van der Waals surface area (Å²) in [5, 5.41) is 0. The van der Waals surface area contributed by atoms with E-state index in [1.807, 2.05) is 0 Å². The molecular weight excluding hydrogens is 278 g/mol. The Balaban J connectivity index is 2.11. The highest BCUT2D eigenvalue weighted by Crippen LogP contribution is 2.18. The topological polar surface area (TPSA) is 72.5 Å². The van der Waals surface area contributed by atoms with E-state index in [1.54, 1.807) is 6.92 Å². The van der Waals surface area contributed by atoms with Gasteiger partial charge in [0.15, 0.2) is 5.78 Å². The molecule has 2 rings (SSSR count). The monoisotopic (exact) mass is 297 g/mol. The number of hydrogen-bond donors (Lipinski definition) is 1. The lowest BCUT2D eigenvalue weighted by molar-refractivity contribution is 0.0902. The minimum Gasteiger partial charge on any atom is -0.377 e. The van der Waals surface area contributed by atoms with Crippen molar-refractivity contribution >= 4 is 15.8 Å². The van der Waals surface area contributed by atoms with Crippen molar-refractivity contribution in [2.45, 2.75) is 43.7 Å². The highest BCUT2D eigenvalue weighted by molar-refractivity contribution is 7.89. The first-order valence-corrected chi connectivity index (χ1v) is 8.13. The van der Waals surface area contributed by atoms with Crippen LogP contribution in [0.2, 0.25) is 0 Å². The molecule has 0 aromatic heterocycles. The van der Waals surface area contributed by atoms with E-state index in [2.05, 4.69) is 4.72 Å². The van der Waals surface area contributed by atoms with Gasteiger partial charge < -0.3 is 4.74 Å². The minimum atomic E-state index is -3.58. The first-order chi connectivity index (χ1) is 9.40. The van der Waals surface area contributed by atoms with Gasteiger partial charge in [-0.1, -0.05) is 12.1 Å². The van der Waals surface area contributed by atoms with Crippen LogP contribution in [0.25, 0.3) is 0 Å². The largest absolute Gasteiger partial charge is 0.377 e. The smallest absolute Gasteiger partial charge is 0.240 e. The Morgan fingerprint density at radius 2 is 2.00 bits per heavy atom. The maximum atomic E-state index is 12.2. The maximum Gasteiger partial charge on any atom is 0.240 e. The van der Waals surface area contributed by atoms with Gasteiger partial charge in [0.05, 0.1) is 11.0 Å². The summed E-state index contributed by atoms with van der Waals surface area (Å²) >= 11 is 0. The molecule has 1 aliphatic rings. The molecule has 0 saturated carbocycles. The molecule has 6 heteroatoms. The second-order valence-electron chi connectivity index (χ2n) is 5.04. The van der Waals surface area contributed by atoms with Crippen molar-refractivity contribution in [3.05, 3.63) is 29.8 Å². The molecule has 1 saturated heterocycles. The summed E-state index contributed by atoms with van der Waals surface area (Å²) in [4.78, 5) is 11.3. The predicted octanol–water partition coefficient (Wildman–Crippen LogP) is 1.74. The third kappa shape index (κ3) is 3.45. The molecule has 5 nitrogen and oxygen atoms in total. The quantitative estimate of drug-likeness (QED) is 0.840. The van der Waals surface area contributed by atoms with Gasteiger partial charge in [0.25, 0.3) is 0 Å². The third-order valence-corrected chi connectivity index (χ3v) is 5.01. The Hall–Kier alpha value is -1.24. The molecule has 0 bridgehead atoms. The van der Waals surface area contributed by atoms with Crippen molar-refractivity contribution in [3.8, 4) is 0 Å². The van der Waals surface area contributed by atoms with Crippen molar-refractivity contribution in [1.29, 1.82) is 0 Å².